The number of pyridine rings is 1. The quantitative estimate of drug-likeness (QED) is 0.844. The van der Waals surface area contributed by atoms with E-state index in [1.54, 1.807) is 6.20 Å². The van der Waals surface area contributed by atoms with Gasteiger partial charge in [-0.05, 0) is 31.0 Å². The normalized spacial score (nSPS) is 17.1. The molecule has 1 fully saturated rings. The van der Waals surface area contributed by atoms with Crippen molar-refractivity contribution in [1.82, 2.24) is 9.88 Å². The van der Waals surface area contributed by atoms with Crippen LogP contribution in [0.5, 0.6) is 0 Å². The minimum atomic E-state index is -4.35. The number of nitrogens with zero attached hydrogens (tertiary/aromatic N) is 2. The van der Waals surface area contributed by atoms with Gasteiger partial charge in [0.15, 0.2) is 0 Å². The van der Waals surface area contributed by atoms with Gasteiger partial charge in [0.1, 0.15) is 0 Å². The lowest BCUT2D eigenvalue weighted by Crippen LogP contribution is -2.39. The predicted octanol–water partition coefficient (Wildman–Crippen LogP) is 4.32. The van der Waals surface area contributed by atoms with Crippen LogP contribution in [0.3, 0.4) is 0 Å². The zero-order chi connectivity index (χ0) is 17.2. The summed E-state index contributed by atoms with van der Waals surface area (Å²) < 4.78 is 38.5. The Hall–Kier alpha value is -2.08. The number of fused-ring (bicyclic) bond motifs is 1. The third kappa shape index (κ3) is 3.70. The molecule has 0 radical (unpaired) electrons. The summed E-state index contributed by atoms with van der Waals surface area (Å²) in [7, 11) is 0. The molecule has 1 N–H and O–H groups in total. The summed E-state index contributed by atoms with van der Waals surface area (Å²) in [6, 6.07) is 5.86. The third-order valence-corrected chi connectivity index (χ3v) is 4.40. The Morgan fingerprint density at radius 3 is 2.67 bits per heavy atom. The number of halogens is 3. The van der Waals surface area contributed by atoms with Gasteiger partial charge in [-0.15, -0.1) is 6.58 Å². The Labute approximate surface area is 139 Å². The van der Waals surface area contributed by atoms with Crippen LogP contribution < -0.4 is 5.32 Å². The van der Waals surface area contributed by atoms with Crippen molar-refractivity contribution in [3.05, 3.63) is 48.7 Å². The lowest BCUT2D eigenvalue weighted by atomic mass is 10.0. The molecule has 0 atom stereocenters. The third-order valence-electron chi connectivity index (χ3n) is 4.40. The average molecular weight is 335 g/mol. The van der Waals surface area contributed by atoms with Gasteiger partial charge in [0.05, 0.1) is 11.1 Å². The second kappa shape index (κ2) is 6.81. The number of hydrogen-bond acceptors (Lipinski definition) is 3. The van der Waals surface area contributed by atoms with Crippen molar-refractivity contribution >= 4 is 16.6 Å². The van der Waals surface area contributed by atoms with Crippen molar-refractivity contribution in [3.63, 3.8) is 0 Å². The van der Waals surface area contributed by atoms with Crippen LogP contribution in [0.15, 0.2) is 43.1 Å². The maximum Gasteiger partial charge on any atom is 0.416 e. The van der Waals surface area contributed by atoms with Crippen molar-refractivity contribution in [2.75, 3.05) is 25.0 Å². The minimum Gasteiger partial charge on any atom is -0.382 e. The fraction of sp³-hybridized carbons (Fsp3) is 0.389. The van der Waals surface area contributed by atoms with E-state index in [2.05, 4.69) is 21.8 Å². The van der Waals surface area contributed by atoms with Crippen LogP contribution in [0.4, 0.5) is 18.9 Å². The summed E-state index contributed by atoms with van der Waals surface area (Å²) in [4.78, 5) is 6.42. The number of anilines is 1. The van der Waals surface area contributed by atoms with E-state index < -0.39 is 11.7 Å². The number of nitrogens with one attached hydrogen (secondary N) is 1. The summed E-state index contributed by atoms with van der Waals surface area (Å²) >= 11 is 0. The number of likely N-dealkylation sites (tertiary alicyclic amines) is 1. The molecule has 0 unspecified atom stereocenters. The van der Waals surface area contributed by atoms with Gasteiger partial charge in [0, 0.05) is 42.9 Å². The van der Waals surface area contributed by atoms with Gasteiger partial charge in [-0.25, -0.2) is 0 Å². The predicted molar refractivity (Wildman–Crippen MR) is 90.0 cm³/mol. The van der Waals surface area contributed by atoms with Gasteiger partial charge >= 0.3 is 6.18 Å². The molecule has 3 rings (SSSR count). The fourth-order valence-corrected chi connectivity index (χ4v) is 3.11. The minimum absolute atomic E-state index is 0.318. The summed E-state index contributed by atoms with van der Waals surface area (Å²) in [5, 5.41) is 4.19. The number of rotatable bonds is 4. The van der Waals surface area contributed by atoms with Crippen molar-refractivity contribution in [2.24, 2.45) is 0 Å². The highest BCUT2D eigenvalue weighted by atomic mass is 19.4. The fourth-order valence-electron chi connectivity index (χ4n) is 3.11. The highest BCUT2D eigenvalue weighted by Gasteiger charge is 2.30. The summed E-state index contributed by atoms with van der Waals surface area (Å²) in [6.45, 7) is 6.63. The van der Waals surface area contributed by atoms with E-state index in [-0.39, 0.29) is 0 Å². The maximum atomic E-state index is 12.8. The molecule has 1 aromatic carbocycles. The smallest absolute Gasteiger partial charge is 0.382 e. The Kier molecular flexibility index (Phi) is 4.76. The number of piperidine rings is 1. The molecular weight excluding hydrogens is 315 g/mol. The van der Waals surface area contributed by atoms with E-state index in [4.69, 9.17) is 0 Å². The maximum absolute atomic E-state index is 12.8. The highest BCUT2D eigenvalue weighted by molar-refractivity contribution is 5.91. The topological polar surface area (TPSA) is 28.2 Å². The molecule has 2 aromatic rings. The van der Waals surface area contributed by atoms with E-state index in [1.807, 2.05) is 12.1 Å². The van der Waals surface area contributed by atoms with Gasteiger partial charge < -0.3 is 5.32 Å². The highest BCUT2D eigenvalue weighted by Crippen LogP contribution is 2.33. The zero-order valence-corrected chi connectivity index (χ0v) is 13.3. The van der Waals surface area contributed by atoms with Crippen LogP contribution in [0.25, 0.3) is 10.9 Å². The molecule has 0 spiro atoms. The number of alkyl halides is 3. The molecule has 1 saturated heterocycles. The van der Waals surface area contributed by atoms with Crippen LogP contribution >= 0.6 is 0 Å². The molecule has 2 heterocycles. The lowest BCUT2D eigenvalue weighted by Gasteiger charge is -2.32. The molecule has 1 aliphatic rings. The molecule has 1 aliphatic heterocycles. The standard InChI is InChI=1S/C18H20F3N3/c1-2-9-24-10-6-14(7-11-24)23-16-5-8-22-17-12-13(18(19,20)21)3-4-15(16)17/h2-5,8,12,14H,1,6-7,9-11H2,(H,22,23). The SMILES string of the molecule is C=CCN1CCC(Nc2ccnc3cc(C(F)(F)F)ccc23)CC1. The first-order valence-corrected chi connectivity index (χ1v) is 8.03. The van der Waals surface area contributed by atoms with Gasteiger partial charge in [0.25, 0.3) is 0 Å². The summed E-state index contributed by atoms with van der Waals surface area (Å²) in [5.74, 6) is 0. The molecule has 6 heteroatoms. The zero-order valence-electron chi connectivity index (χ0n) is 13.3. The molecule has 3 nitrogen and oxygen atoms in total. The van der Waals surface area contributed by atoms with Gasteiger partial charge in [-0.2, -0.15) is 13.2 Å². The first-order valence-electron chi connectivity index (χ1n) is 8.03. The van der Waals surface area contributed by atoms with Crippen molar-refractivity contribution in [1.29, 1.82) is 0 Å². The Bertz CT molecular complexity index is 719. The monoisotopic (exact) mass is 335 g/mol. The van der Waals surface area contributed by atoms with Gasteiger partial charge in [-0.3, -0.25) is 9.88 Å². The molecule has 0 aliphatic carbocycles. The number of hydrogen-bond donors (Lipinski definition) is 1. The van der Waals surface area contributed by atoms with E-state index >= 15 is 0 Å². The first kappa shape index (κ1) is 16.8. The van der Waals surface area contributed by atoms with E-state index in [9.17, 15) is 13.2 Å². The molecule has 0 bridgehead atoms. The largest absolute Gasteiger partial charge is 0.416 e. The van der Waals surface area contributed by atoms with E-state index in [1.165, 1.54) is 6.07 Å². The van der Waals surface area contributed by atoms with Crippen LogP contribution in [0.2, 0.25) is 0 Å². The molecule has 1 aromatic heterocycles. The Morgan fingerprint density at radius 2 is 2.00 bits per heavy atom. The molecular formula is C18H20F3N3. The number of benzene rings is 1. The van der Waals surface area contributed by atoms with Gasteiger partial charge in [0.2, 0.25) is 0 Å². The summed E-state index contributed by atoms with van der Waals surface area (Å²) in [5.41, 5.74) is 0.534. The molecule has 0 amide bonds. The molecule has 128 valence electrons. The molecule has 0 saturated carbocycles. The Balaban J connectivity index is 1.77. The van der Waals surface area contributed by atoms with Crippen LogP contribution in [0, 0.1) is 0 Å². The van der Waals surface area contributed by atoms with Crippen molar-refractivity contribution in [3.8, 4) is 0 Å². The summed E-state index contributed by atoms with van der Waals surface area (Å²) in [6.07, 6.45) is 1.11. The van der Waals surface area contributed by atoms with E-state index in [0.717, 1.165) is 55.7 Å². The lowest BCUT2D eigenvalue weighted by molar-refractivity contribution is -0.137. The average Bonchev–Trinajstić information content (AvgIpc) is 2.56. The number of aromatic nitrogens is 1. The van der Waals surface area contributed by atoms with Crippen LogP contribution in [0.1, 0.15) is 18.4 Å². The second-order valence-electron chi connectivity index (χ2n) is 6.10. The Morgan fingerprint density at radius 1 is 1.25 bits per heavy atom. The van der Waals surface area contributed by atoms with Gasteiger partial charge in [-0.1, -0.05) is 12.1 Å². The first-order chi connectivity index (χ1) is 11.5. The van der Waals surface area contributed by atoms with Crippen LogP contribution in [-0.4, -0.2) is 35.6 Å². The van der Waals surface area contributed by atoms with Crippen molar-refractivity contribution < 1.29 is 13.2 Å². The molecule has 24 heavy (non-hydrogen) atoms. The second-order valence-corrected chi connectivity index (χ2v) is 6.10. The van der Waals surface area contributed by atoms with Crippen LogP contribution in [-0.2, 0) is 6.18 Å². The van der Waals surface area contributed by atoms with E-state index in [0.29, 0.717) is 11.6 Å². The van der Waals surface area contributed by atoms with Crippen molar-refractivity contribution in [2.45, 2.75) is 25.1 Å².